The van der Waals surface area contributed by atoms with Crippen LogP contribution < -0.4 is 5.32 Å². The molecule has 0 radical (unpaired) electrons. The molecule has 0 aromatic rings. The average Bonchev–Trinajstić information content (AvgIpc) is 2.69. The molecule has 2 N–H and O–H groups in total. The summed E-state index contributed by atoms with van der Waals surface area (Å²) in [7, 11) is 0. The van der Waals surface area contributed by atoms with Gasteiger partial charge in [0, 0.05) is 6.54 Å². The number of hydrogen-bond acceptors (Lipinski definition) is 2. The smallest absolute Gasteiger partial charge is 0.307 e. The summed E-state index contributed by atoms with van der Waals surface area (Å²) in [4.78, 5) is 22.4. The molecule has 15 heavy (non-hydrogen) atoms. The molecule has 0 aliphatic heterocycles. The minimum Gasteiger partial charge on any atom is -0.481 e. The van der Waals surface area contributed by atoms with Crippen molar-refractivity contribution in [2.75, 3.05) is 6.54 Å². The Bertz CT molecular complexity index is 296. The highest BCUT2D eigenvalue weighted by Crippen LogP contribution is 2.58. The van der Waals surface area contributed by atoms with Crippen molar-refractivity contribution in [3.8, 4) is 0 Å². The molecular weight excluding hydrogens is 194 g/mol. The van der Waals surface area contributed by atoms with Crippen molar-refractivity contribution >= 4 is 11.9 Å². The first-order valence-corrected chi connectivity index (χ1v) is 5.04. The third-order valence-corrected chi connectivity index (χ3v) is 3.02. The second kappa shape index (κ2) is 4.04. The lowest BCUT2D eigenvalue weighted by Gasteiger charge is -2.03. The van der Waals surface area contributed by atoms with E-state index < -0.39 is 17.3 Å². The topological polar surface area (TPSA) is 66.4 Å². The zero-order chi connectivity index (χ0) is 11.6. The number of carbonyl (C=O) groups excluding carboxylic acids is 1. The number of carbonyl (C=O) groups is 2. The summed E-state index contributed by atoms with van der Waals surface area (Å²) in [6.07, 6.45) is 2.42. The van der Waals surface area contributed by atoms with Crippen LogP contribution in [0.25, 0.3) is 0 Å². The summed E-state index contributed by atoms with van der Waals surface area (Å²) in [5, 5.41) is 11.6. The van der Waals surface area contributed by atoms with Gasteiger partial charge >= 0.3 is 5.97 Å². The quantitative estimate of drug-likeness (QED) is 0.527. The van der Waals surface area contributed by atoms with Gasteiger partial charge in [0.1, 0.15) is 0 Å². The summed E-state index contributed by atoms with van der Waals surface area (Å²) in [6.45, 7) is 7.69. The van der Waals surface area contributed by atoms with Crippen LogP contribution in [0, 0.1) is 17.3 Å². The van der Waals surface area contributed by atoms with Crippen LogP contribution in [-0.2, 0) is 9.59 Å². The summed E-state index contributed by atoms with van der Waals surface area (Å²) < 4.78 is 0. The van der Waals surface area contributed by atoms with Gasteiger partial charge in [0.25, 0.3) is 0 Å². The normalized spacial score (nSPS) is 26.8. The highest BCUT2D eigenvalue weighted by atomic mass is 16.4. The van der Waals surface area contributed by atoms with Crippen LogP contribution in [0.5, 0.6) is 0 Å². The first-order valence-electron chi connectivity index (χ1n) is 5.04. The molecule has 0 heterocycles. The van der Waals surface area contributed by atoms with Crippen molar-refractivity contribution < 1.29 is 14.7 Å². The molecule has 0 saturated heterocycles. The molecule has 1 aliphatic carbocycles. The van der Waals surface area contributed by atoms with Gasteiger partial charge in [-0.2, -0.15) is 0 Å². The van der Waals surface area contributed by atoms with E-state index in [1.54, 1.807) is 6.08 Å². The SMILES string of the molecule is C=CCCNC(=O)[C@H]1[C@@H](C(=O)O)C1(C)C. The second-order valence-electron chi connectivity index (χ2n) is 4.48. The van der Waals surface area contributed by atoms with Crippen molar-refractivity contribution in [1.82, 2.24) is 5.32 Å². The van der Waals surface area contributed by atoms with Gasteiger partial charge in [0.15, 0.2) is 0 Å². The minimum atomic E-state index is -0.885. The standard InChI is InChI=1S/C11H17NO3/c1-4-5-6-12-9(13)7-8(10(14)15)11(7,2)3/h4,7-8H,1,5-6H2,2-3H3,(H,12,13)(H,14,15)/t7-,8+/m1/s1. The Morgan fingerprint density at radius 3 is 2.47 bits per heavy atom. The molecule has 1 saturated carbocycles. The molecule has 4 nitrogen and oxygen atoms in total. The van der Waals surface area contributed by atoms with Crippen LogP contribution >= 0.6 is 0 Å². The molecule has 0 bridgehead atoms. The molecule has 1 aliphatic rings. The Balaban J connectivity index is 2.49. The van der Waals surface area contributed by atoms with Gasteiger partial charge in [-0.1, -0.05) is 19.9 Å². The molecule has 4 heteroatoms. The van der Waals surface area contributed by atoms with Gasteiger partial charge in [-0.3, -0.25) is 9.59 Å². The van der Waals surface area contributed by atoms with Gasteiger partial charge in [-0.25, -0.2) is 0 Å². The molecule has 1 amide bonds. The lowest BCUT2D eigenvalue weighted by molar-refractivity contribution is -0.140. The Morgan fingerprint density at radius 1 is 1.47 bits per heavy atom. The predicted molar refractivity (Wildman–Crippen MR) is 56.2 cm³/mol. The van der Waals surface area contributed by atoms with Crippen LogP contribution in [0.4, 0.5) is 0 Å². The Morgan fingerprint density at radius 2 is 2.07 bits per heavy atom. The van der Waals surface area contributed by atoms with Crippen LogP contribution in [0.2, 0.25) is 0 Å². The summed E-state index contributed by atoms with van der Waals surface area (Å²) in [6, 6.07) is 0. The number of rotatable bonds is 5. The second-order valence-corrected chi connectivity index (χ2v) is 4.48. The van der Waals surface area contributed by atoms with E-state index in [9.17, 15) is 9.59 Å². The summed E-state index contributed by atoms with van der Waals surface area (Å²) in [5.74, 6) is -1.97. The van der Waals surface area contributed by atoms with E-state index in [1.807, 2.05) is 13.8 Å². The highest BCUT2D eigenvalue weighted by molar-refractivity contribution is 5.91. The lowest BCUT2D eigenvalue weighted by atomic mass is 10.1. The largest absolute Gasteiger partial charge is 0.481 e. The fourth-order valence-electron chi connectivity index (χ4n) is 2.00. The van der Waals surface area contributed by atoms with Crippen molar-refractivity contribution in [3.05, 3.63) is 12.7 Å². The molecule has 0 aromatic heterocycles. The monoisotopic (exact) mass is 211 g/mol. The third kappa shape index (κ3) is 2.19. The lowest BCUT2D eigenvalue weighted by Crippen LogP contribution is -2.27. The molecule has 1 fully saturated rings. The van der Waals surface area contributed by atoms with Gasteiger partial charge in [-0.05, 0) is 11.8 Å². The van der Waals surface area contributed by atoms with Crippen molar-refractivity contribution in [1.29, 1.82) is 0 Å². The minimum absolute atomic E-state index is 0.158. The number of carboxylic acid groups (broad SMARTS) is 1. The number of amides is 1. The molecule has 0 aromatic carbocycles. The highest BCUT2D eigenvalue weighted by Gasteiger charge is 2.65. The van der Waals surface area contributed by atoms with Crippen LogP contribution in [0.3, 0.4) is 0 Å². The number of nitrogens with one attached hydrogen (secondary N) is 1. The van der Waals surface area contributed by atoms with Crippen molar-refractivity contribution in [3.63, 3.8) is 0 Å². The number of hydrogen-bond donors (Lipinski definition) is 2. The van der Waals surface area contributed by atoms with Crippen molar-refractivity contribution in [2.24, 2.45) is 17.3 Å². The molecule has 84 valence electrons. The zero-order valence-electron chi connectivity index (χ0n) is 9.12. The summed E-state index contributed by atoms with van der Waals surface area (Å²) in [5.41, 5.74) is -0.413. The van der Waals surface area contributed by atoms with Gasteiger partial charge in [0.05, 0.1) is 11.8 Å². The predicted octanol–water partition coefficient (Wildman–Crippen LogP) is 1.04. The molecule has 0 unspecified atom stereocenters. The first-order chi connectivity index (χ1) is 6.92. The van der Waals surface area contributed by atoms with Crippen LogP contribution in [0.15, 0.2) is 12.7 Å². The zero-order valence-corrected chi connectivity index (χ0v) is 9.12. The number of carboxylic acids is 1. The summed E-state index contributed by atoms with van der Waals surface area (Å²) >= 11 is 0. The fourth-order valence-corrected chi connectivity index (χ4v) is 2.00. The van der Waals surface area contributed by atoms with E-state index in [4.69, 9.17) is 5.11 Å². The van der Waals surface area contributed by atoms with Crippen LogP contribution in [-0.4, -0.2) is 23.5 Å². The van der Waals surface area contributed by atoms with Crippen LogP contribution in [0.1, 0.15) is 20.3 Å². The fraction of sp³-hybridized carbons (Fsp3) is 0.636. The average molecular weight is 211 g/mol. The Kier molecular flexibility index (Phi) is 3.17. The third-order valence-electron chi connectivity index (χ3n) is 3.02. The van der Waals surface area contributed by atoms with E-state index >= 15 is 0 Å². The Labute approximate surface area is 89.4 Å². The molecular formula is C11H17NO3. The van der Waals surface area contributed by atoms with Gasteiger partial charge in [-0.15, -0.1) is 6.58 Å². The van der Waals surface area contributed by atoms with E-state index in [0.29, 0.717) is 13.0 Å². The van der Waals surface area contributed by atoms with E-state index in [0.717, 1.165) is 0 Å². The van der Waals surface area contributed by atoms with E-state index in [2.05, 4.69) is 11.9 Å². The van der Waals surface area contributed by atoms with E-state index in [1.165, 1.54) is 0 Å². The first kappa shape index (κ1) is 11.8. The molecule has 1 rings (SSSR count). The maximum atomic E-state index is 11.6. The molecule has 2 atom stereocenters. The van der Waals surface area contributed by atoms with Crippen molar-refractivity contribution in [2.45, 2.75) is 20.3 Å². The molecule has 0 spiro atoms. The maximum Gasteiger partial charge on any atom is 0.307 e. The maximum absolute atomic E-state index is 11.6. The van der Waals surface area contributed by atoms with Gasteiger partial charge < -0.3 is 10.4 Å². The van der Waals surface area contributed by atoms with E-state index in [-0.39, 0.29) is 11.8 Å². The Hall–Kier alpha value is -1.32. The number of aliphatic carboxylic acids is 1. The van der Waals surface area contributed by atoms with Gasteiger partial charge in [0.2, 0.25) is 5.91 Å².